The number of nitrogens with zero attached hydrogens (tertiary/aromatic N) is 2. The van der Waals surface area contributed by atoms with Gasteiger partial charge >= 0.3 is 0 Å². The van der Waals surface area contributed by atoms with Gasteiger partial charge in [0.05, 0.1) is 0 Å². The molecule has 0 saturated carbocycles. The molecule has 21 heavy (non-hydrogen) atoms. The first-order chi connectivity index (χ1) is 10.0. The normalized spacial score (nSPS) is 23.6. The first-order valence-electron chi connectivity index (χ1n) is 7.99. The number of halogens is 1. The van der Waals surface area contributed by atoms with E-state index in [9.17, 15) is 0 Å². The number of likely N-dealkylation sites (N-methyl/N-ethyl adjacent to an activating group) is 1. The zero-order valence-electron chi connectivity index (χ0n) is 13.7. The van der Waals surface area contributed by atoms with Gasteiger partial charge in [-0.15, -0.1) is 0 Å². The minimum Gasteiger partial charge on any atom is -0.368 e. The van der Waals surface area contributed by atoms with E-state index in [0.29, 0.717) is 12.1 Å². The summed E-state index contributed by atoms with van der Waals surface area (Å²) in [5.41, 5.74) is 2.52. The van der Waals surface area contributed by atoms with Gasteiger partial charge in [-0.25, -0.2) is 0 Å². The molecular formula is C17H28ClN3. The molecule has 1 saturated heterocycles. The monoisotopic (exact) mass is 309 g/mol. The smallest absolute Gasteiger partial charge is 0.0471 e. The average molecular weight is 310 g/mol. The van der Waals surface area contributed by atoms with Gasteiger partial charge in [0.2, 0.25) is 0 Å². The lowest BCUT2D eigenvalue weighted by molar-refractivity contribution is 0.170. The summed E-state index contributed by atoms with van der Waals surface area (Å²) in [6, 6.07) is 7.39. The molecule has 1 aliphatic rings. The van der Waals surface area contributed by atoms with Crippen molar-refractivity contribution in [3.8, 4) is 0 Å². The minimum atomic E-state index is 0.559. The van der Waals surface area contributed by atoms with Crippen molar-refractivity contribution in [1.82, 2.24) is 10.2 Å². The number of hydrogen-bond donors (Lipinski definition) is 1. The largest absolute Gasteiger partial charge is 0.368 e. The maximum atomic E-state index is 6.45. The number of anilines is 1. The van der Waals surface area contributed by atoms with E-state index in [1.165, 1.54) is 11.3 Å². The standard InChI is InChI=1S/C17H28ClN3/c1-5-9-19-10-15-16(18)7-6-8-17(15)21-11-13(2)20(4)14(3)12-21/h6-8,13-14,19H,5,9-12H2,1-4H3. The Hall–Kier alpha value is -0.770. The summed E-state index contributed by atoms with van der Waals surface area (Å²) in [6.45, 7) is 10.8. The van der Waals surface area contributed by atoms with Crippen LogP contribution in [-0.2, 0) is 6.54 Å². The molecule has 2 atom stereocenters. The van der Waals surface area contributed by atoms with Crippen LogP contribution in [0.2, 0.25) is 5.02 Å². The van der Waals surface area contributed by atoms with E-state index in [1.807, 2.05) is 6.07 Å². The Morgan fingerprint density at radius 2 is 1.90 bits per heavy atom. The predicted octanol–water partition coefficient (Wildman–Crippen LogP) is 3.37. The highest BCUT2D eigenvalue weighted by Gasteiger charge is 2.27. The quantitative estimate of drug-likeness (QED) is 0.841. The van der Waals surface area contributed by atoms with Gasteiger partial charge in [-0.1, -0.05) is 24.6 Å². The Balaban J connectivity index is 2.20. The summed E-state index contributed by atoms with van der Waals surface area (Å²) in [6.07, 6.45) is 1.14. The third kappa shape index (κ3) is 3.91. The van der Waals surface area contributed by atoms with E-state index in [1.54, 1.807) is 0 Å². The fourth-order valence-electron chi connectivity index (χ4n) is 3.01. The van der Waals surface area contributed by atoms with Crippen LogP contribution in [0.25, 0.3) is 0 Å². The summed E-state index contributed by atoms with van der Waals surface area (Å²) in [7, 11) is 2.22. The Labute approximate surface area is 134 Å². The molecular weight excluding hydrogens is 282 g/mol. The van der Waals surface area contributed by atoms with Gasteiger partial charge in [-0.05, 0) is 46.0 Å². The number of rotatable bonds is 5. The van der Waals surface area contributed by atoms with Crippen molar-refractivity contribution in [3.63, 3.8) is 0 Å². The van der Waals surface area contributed by atoms with E-state index in [2.05, 4.69) is 55.1 Å². The molecule has 3 nitrogen and oxygen atoms in total. The molecule has 1 fully saturated rings. The Kier molecular flexibility index (Phi) is 5.91. The van der Waals surface area contributed by atoms with Crippen LogP contribution in [0, 0.1) is 0 Å². The molecule has 0 spiro atoms. The van der Waals surface area contributed by atoms with Crippen LogP contribution in [0.1, 0.15) is 32.8 Å². The van der Waals surface area contributed by atoms with Gasteiger partial charge in [-0.2, -0.15) is 0 Å². The minimum absolute atomic E-state index is 0.559. The summed E-state index contributed by atoms with van der Waals surface area (Å²) < 4.78 is 0. The molecule has 118 valence electrons. The van der Waals surface area contributed by atoms with Crippen LogP contribution >= 0.6 is 11.6 Å². The van der Waals surface area contributed by atoms with Crippen molar-refractivity contribution in [2.24, 2.45) is 0 Å². The fourth-order valence-corrected chi connectivity index (χ4v) is 3.25. The van der Waals surface area contributed by atoms with Crippen molar-refractivity contribution in [2.45, 2.75) is 45.8 Å². The van der Waals surface area contributed by atoms with E-state index in [4.69, 9.17) is 11.6 Å². The Bertz CT molecular complexity index is 451. The van der Waals surface area contributed by atoms with Gasteiger partial charge in [0, 0.05) is 48.0 Å². The number of nitrogens with one attached hydrogen (secondary N) is 1. The molecule has 0 bridgehead atoms. The second-order valence-corrected chi connectivity index (χ2v) is 6.59. The third-order valence-electron chi connectivity index (χ3n) is 4.52. The molecule has 4 heteroatoms. The predicted molar refractivity (Wildman–Crippen MR) is 92.3 cm³/mol. The lowest BCUT2D eigenvalue weighted by Crippen LogP contribution is -2.55. The summed E-state index contributed by atoms with van der Waals surface area (Å²) in [5.74, 6) is 0. The Morgan fingerprint density at radius 3 is 2.52 bits per heavy atom. The lowest BCUT2D eigenvalue weighted by atomic mass is 10.1. The number of benzene rings is 1. The molecule has 1 N–H and O–H groups in total. The van der Waals surface area contributed by atoms with E-state index < -0.39 is 0 Å². The van der Waals surface area contributed by atoms with Crippen molar-refractivity contribution in [3.05, 3.63) is 28.8 Å². The molecule has 1 heterocycles. The van der Waals surface area contributed by atoms with E-state index in [0.717, 1.165) is 37.6 Å². The molecule has 0 aromatic heterocycles. The van der Waals surface area contributed by atoms with Crippen molar-refractivity contribution < 1.29 is 0 Å². The van der Waals surface area contributed by atoms with Gasteiger partial charge in [0.15, 0.2) is 0 Å². The maximum absolute atomic E-state index is 6.45. The average Bonchev–Trinajstić information content (AvgIpc) is 2.46. The van der Waals surface area contributed by atoms with Crippen LogP contribution < -0.4 is 10.2 Å². The number of piperazine rings is 1. The first kappa shape index (κ1) is 16.6. The van der Waals surface area contributed by atoms with E-state index in [-0.39, 0.29) is 0 Å². The molecule has 1 aliphatic heterocycles. The zero-order valence-corrected chi connectivity index (χ0v) is 14.5. The lowest BCUT2D eigenvalue weighted by Gasteiger charge is -2.44. The third-order valence-corrected chi connectivity index (χ3v) is 4.88. The zero-order chi connectivity index (χ0) is 15.4. The highest BCUT2D eigenvalue weighted by atomic mass is 35.5. The molecule has 1 aromatic rings. The second-order valence-electron chi connectivity index (χ2n) is 6.18. The fraction of sp³-hybridized carbons (Fsp3) is 0.647. The first-order valence-corrected chi connectivity index (χ1v) is 8.37. The molecule has 2 rings (SSSR count). The van der Waals surface area contributed by atoms with Crippen LogP contribution in [0.3, 0.4) is 0 Å². The topological polar surface area (TPSA) is 18.5 Å². The van der Waals surface area contributed by atoms with Crippen LogP contribution in [0.15, 0.2) is 18.2 Å². The van der Waals surface area contributed by atoms with Gasteiger partial charge in [0.1, 0.15) is 0 Å². The summed E-state index contributed by atoms with van der Waals surface area (Å²) in [5, 5.41) is 4.35. The summed E-state index contributed by atoms with van der Waals surface area (Å²) in [4.78, 5) is 4.94. The van der Waals surface area contributed by atoms with E-state index >= 15 is 0 Å². The highest BCUT2D eigenvalue weighted by molar-refractivity contribution is 6.31. The highest BCUT2D eigenvalue weighted by Crippen LogP contribution is 2.30. The van der Waals surface area contributed by atoms with Crippen LogP contribution in [0.4, 0.5) is 5.69 Å². The molecule has 0 radical (unpaired) electrons. The van der Waals surface area contributed by atoms with Gasteiger partial charge in [0.25, 0.3) is 0 Å². The maximum Gasteiger partial charge on any atom is 0.0471 e. The van der Waals surface area contributed by atoms with Crippen molar-refractivity contribution in [2.75, 3.05) is 31.6 Å². The van der Waals surface area contributed by atoms with Gasteiger partial charge < -0.3 is 10.2 Å². The molecule has 0 amide bonds. The SMILES string of the molecule is CCCNCc1c(Cl)cccc1N1CC(C)N(C)C(C)C1. The van der Waals surface area contributed by atoms with Crippen LogP contribution in [0.5, 0.6) is 0 Å². The Morgan fingerprint density at radius 1 is 1.24 bits per heavy atom. The number of hydrogen-bond acceptors (Lipinski definition) is 3. The van der Waals surface area contributed by atoms with Gasteiger partial charge in [-0.3, -0.25) is 4.90 Å². The second kappa shape index (κ2) is 7.48. The molecule has 1 aromatic carbocycles. The molecule has 0 aliphatic carbocycles. The summed E-state index contributed by atoms with van der Waals surface area (Å²) >= 11 is 6.45. The van der Waals surface area contributed by atoms with Crippen molar-refractivity contribution in [1.29, 1.82) is 0 Å². The van der Waals surface area contributed by atoms with Crippen molar-refractivity contribution >= 4 is 17.3 Å². The van der Waals surface area contributed by atoms with Crippen LogP contribution in [-0.4, -0.2) is 43.7 Å². The molecule has 2 unspecified atom stereocenters.